The van der Waals surface area contributed by atoms with Gasteiger partial charge in [-0.3, -0.25) is 0 Å². The lowest BCUT2D eigenvalue weighted by Crippen LogP contribution is -2.24. The zero-order valence-electron chi connectivity index (χ0n) is 11.8. The van der Waals surface area contributed by atoms with Gasteiger partial charge in [-0.2, -0.15) is 0 Å². The van der Waals surface area contributed by atoms with Crippen molar-refractivity contribution in [2.24, 2.45) is 0 Å². The molecule has 0 unspecified atom stereocenters. The van der Waals surface area contributed by atoms with E-state index in [0.29, 0.717) is 5.56 Å². The number of halogens is 1. The summed E-state index contributed by atoms with van der Waals surface area (Å²) in [4.78, 5) is 11.5. The summed E-state index contributed by atoms with van der Waals surface area (Å²) in [7, 11) is 0. The topological polar surface area (TPSA) is 58.6 Å². The molecule has 2 N–H and O–H groups in total. The predicted molar refractivity (Wildman–Crippen MR) is 81.7 cm³/mol. The molecular weight excluding hydrogens is 285 g/mol. The zero-order chi connectivity index (χ0) is 15.8. The zero-order valence-corrected chi connectivity index (χ0v) is 11.8. The standard InChI is InChI=1S/C17H16FNO3/c18-16-11-15(20)9-8-14(16)7-4-10-19-17(21)22-12-13-5-2-1-3-6-13/h1-9,11,20H,10,12H2,(H,19,21). The minimum atomic E-state index is -0.542. The average molecular weight is 301 g/mol. The van der Waals surface area contributed by atoms with Crippen LogP contribution in [0.25, 0.3) is 6.08 Å². The summed E-state index contributed by atoms with van der Waals surface area (Å²) in [5, 5.41) is 11.6. The lowest BCUT2D eigenvalue weighted by atomic mass is 10.2. The number of aromatic hydroxyl groups is 1. The molecule has 0 fully saturated rings. The molecule has 0 bridgehead atoms. The molecule has 5 heteroatoms. The maximum absolute atomic E-state index is 13.4. The van der Waals surface area contributed by atoms with Crippen molar-refractivity contribution in [2.45, 2.75) is 6.61 Å². The van der Waals surface area contributed by atoms with Crippen LogP contribution in [0.4, 0.5) is 9.18 Å². The van der Waals surface area contributed by atoms with E-state index in [-0.39, 0.29) is 18.9 Å². The first-order chi connectivity index (χ1) is 10.6. The number of carbonyl (C=O) groups is 1. The van der Waals surface area contributed by atoms with Gasteiger partial charge in [0.15, 0.2) is 0 Å². The van der Waals surface area contributed by atoms with Gasteiger partial charge in [-0.25, -0.2) is 9.18 Å². The largest absolute Gasteiger partial charge is 0.508 e. The normalized spacial score (nSPS) is 10.6. The molecule has 0 aliphatic carbocycles. The summed E-state index contributed by atoms with van der Waals surface area (Å²) in [6.45, 7) is 0.414. The highest BCUT2D eigenvalue weighted by molar-refractivity contribution is 5.67. The second-order valence-electron chi connectivity index (χ2n) is 4.55. The number of carbonyl (C=O) groups excluding carboxylic acids is 1. The van der Waals surface area contributed by atoms with Crippen molar-refractivity contribution in [3.63, 3.8) is 0 Å². The van der Waals surface area contributed by atoms with Crippen LogP contribution in [0.5, 0.6) is 5.75 Å². The monoisotopic (exact) mass is 301 g/mol. The van der Waals surface area contributed by atoms with Crippen molar-refractivity contribution in [3.05, 3.63) is 71.6 Å². The first-order valence-electron chi connectivity index (χ1n) is 6.75. The van der Waals surface area contributed by atoms with Gasteiger partial charge >= 0.3 is 6.09 Å². The van der Waals surface area contributed by atoms with E-state index >= 15 is 0 Å². The van der Waals surface area contributed by atoms with Crippen molar-refractivity contribution in [1.82, 2.24) is 5.32 Å². The third-order valence-corrected chi connectivity index (χ3v) is 2.86. The molecule has 0 spiro atoms. The molecular formula is C17H16FNO3. The van der Waals surface area contributed by atoms with Gasteiger partial charge in [-0.05, 0) is 17.7 Å². The molecule has 0 radical (unpaired) electrons. The highest BCUT2D eigenvalue weighted by atomic mass is 19.1. The summed E-state index contributed by atoms with van der Waals surface area (Å²) in [6, 6.07) is 13.2. The second kappa shape index (κ2) is 7.83. The summed E-state index contributed by atoms with van der Waals surface area (Å²) < 4.78 is 18.5. The van der Waals surface area contributed by atoms with Crippen molar-refractivity contribution < 1.29 is 19.0 Å². The highest BCUT2D eigenvalue weighted by Crippen LogP contribution is 2.15. The molecule has 0 saturated carbocycles. The second-order valence-corrected chi connectivity index (χ2v) is 4.55. The van der Waals surface area contributed by atoms with Crippen molar-refractivity contribution in [1.29, 1.82) is 0 Å². The van der Waals surface area contributed by atoms with Gasteiger partial charge in [0.2, 0.25) is 0 Å². The molecule has 4 nitrogen and oxygen atoms in total. The van der Waals surface area contributed by atoms with E-state index in [1.54, 1.807) is 6.08 Å². The van der Waals surface area contributed by atoms with E-state index in [0.717, 1.165) is 11.6 Å². The van der Waals surface area contributed by atoms with Gasteiger partial charge in [0, 0.05) is 18.2 Å². The van der Waals surface area contributed by atoms with E-state index in [1.165, 1.54) is 18.2 Å². The molecule has 2 aromatic carbocycles. The van der Waals surface area contributed by atoms with Crippen LogP contribution >= 0.6 is 0 Å². The number of hydrogen-bond donors (Lipinski definition) is 2. The van der Waals surface area contributed by atoms with Crippen LogP contribution in [0.15, 0.2) is 54.6 Å². The van der Waals surface area contributed by atoms with E-state index in [2.05, 4.69) is 5.32 Å². The van der Waals surface area contributed by atoms with Crippen LogP contribution in [0.2, 0.25) is 0 Å². The fourth-order valence-corrected chi connectivity index (χ4v) is 1.75. The summed E-state index contributed by atoms with van der Waals surface area (Å²) in [6.07, 6.45) is 2.57. The number of phenols is 1. The number of nitrogens with one attached hydrogen (secondary N) is 1. The Hall–Kier alpha value is -2.82. The number of alkyl carbamates (subject to hydrolysis) is 1. The lowest BCUT2D eigenvalue weighted by molar-refractivity contribution is 0.141. The van der Waals surface area contributed by atoms with Crippen LogP contribution in [-0.2, 0) is 11.3 Å². The Labute approximate surface area is 127 Å². The Morgan fingerprint density at radius 3 is 2.73 bits per heavy atom. The van der Waals surface area contributed by atoms with Crippen LogP contribution in [0.3, 0.4) is 0 Å². The third kappa shape index (κ3) is 4.94. The molecule has 2 rings (SSSR count). The van der Waals surface area contributed by atoms with E-state index in [1.807, 2.05) is 30.3 Å². The molecule has 0 aliphatic heterocycles. The molecule has 0 aliphatic rings. The summed E-state index contributed by atoms with van der Waals surface area (Å²) in [5.41, 5.74) is 1.23. The third-order valence-electron chi connectivity index (χ3n) is 2.86. The van der Waals surface area contributed by atoms with Gasteiger partial charge in [0.1, 0.15) is 18.2 Å². The molecule has 0 aromatic heterocycles. The van der Waals surface area contributed by atoms with Gasteiger partial charge in [0.25, 0.3) is 0 Å². The number of benzene rings is 2. The highest BCUT2D eigenvalue weighted by Gasteiger charge is 2.01. The Bertz CT molecular complexity index is 656. The lowest BCUT2D eigenvalue weighted by Gasteiger charge is -2.05. The first-order valence-corrected chi connectivity index (χ1v) is 6.75. The maximum Gasteiger partial charge on any atom is 0.407 e. The molecule has 2 aromatic rings. The number of ether oxygens (including phenoxy) is 1. The van der Waals surface area contributed by atoms with E-state index in [4.69, 9.17) is 9.84 Å². The Balaban J connectivity index is 1.73. The van der Waals surface area contributed by atoms with Crippen molar-refractivity contribution in [3.8, 4) is 5.75 Å². The van der Waals surface area contributed by atoms with Crippen LogP contribution < -0.4 is 5.32 Å². The van der Waals surface area contributed by atoms with Gasteiger partial charge in [-0.15, -0.1) is 0 Å². The van der Waals surface area contributed by atoms with Crippen LogP contribution in [-0.4, -0.2) is 17.7 Å². The SMILES string of the molecule is O=C(NCC=Cc1ccc(O)cc1F)OCc1ccccc1. The van der Waals surface area contributed by atoms with Crippen LogP contribution in [0.1, 0.15) is 11.1 Å². The number of rotatable bonds is 5. The fourth-order valence-electron chi connectivity index (χ4n) is 1.75. The van der Waals surface area contributed by atoms with Crippen molar-refractivity contribution >= 4 is 12.2 Å². The fraction of sp³-hybridized carbons (Fsp3) is 0.118. The molecule has 0 atom stereocenters. The number of amides is 1. The maximum atomic E-state index is 13.4. The number of phenolic OH excluding ortho intramolecular Hbond substituents is 1. The van der Waals surface area contributed by atoms with E-state index in [9.17, 15) is 9.18 Å². The van der Waals surface area contributed by atoms with Crippen molar-refractivity contribution in [2.75, 3.05) is 6.54 Å². The summed E-state index contributed by atoms with van der Waals surface area (Å²) in [5.74, 6) is -0.653. The molecule has 0 saturated heterocycles. The quantitative estimate of drug-likeness (QED) is 0.889. The van der Waals surface area contributed by atoms with E-state index < -0.39 is 11.9 Å². The minimum Gasteiger partial charge on any atom is -0.508 e. The van der Waals surface area contributed by atoms with Crippen LogP contribution in [0, 0.1) is 5.82 Å². The summed E-state index contributed by atoms with van der Waals surface area (Å²) >= 11 is 0. The minimum absolute atomic E-state index is 0.128. The average Bonchev–Trinajstić information content (AvgIpc) is 2.52. The molecule has 22 heavy (non-hydrogen) atoms. The van der Waals surface area contributed by atoms with Gasteiger partial charge in [-0.1, -0.05) is 42.5 Å². The smallest absolute Gasteiger partial charge is 0.407 e. The molecule has 1 amide bonds. The molecule has 114 valence electrons. The Kier molecular flexibility index (Phi) is 5.54. The Morgan fingerprint density at radius 1 is 1.23 bits per heavy atom. The predicted octanol–water partition coefficient (Wildman–Crippen LogP) is 3.47. The Morgan fingerprint density at radius 2 is 2.00 bits per heavy atom. The molecule has 0 heterocycles. The van der Waals surface area contributed by atoms with Gasteiger partial charge < -0.3 is 15.2 Å². The number of hydrogen-bond acceptors (Lipinski definition) is 3. The van der Waals surface area contributed by atoms with Gasteiger partial charge in [0.05, 0.1) is 0 Å². The first kappa shape index (κ1) is 15.6.